The summed E-state index contributed by atoms with van der Waals surface area (Å²) in [5.74, 6) is 0.368. The van der Waals surface area contributed by atoms with E-state index in [1.54, 1.807) is 6.20 Å². The molecule has 1 aliphatic carbocycles. The fraction of sp³-hybridized carbons (Fsp3) is 0.450. The van der Waals surface area contributed by atoms with Gasteiger partial charge in [-0.2, -0.15) is 0 Å². The lowest BCUT2D eigenvalue weighted by atomic mass is 9.94. The molecule has 0 spiro atoms. The number of nitrogens with one attached hydrogen (secondary N) is 1. The Labute approximate surface area is 147 Å². The van der Waals surface area contributed by atoms with E-state index in [2.05, 4.69) is 28.2 Å². The monoisotopic (exact) mass is 337 g/mol. The first-order valence-corrected chi connectivity index (χ1v) is 9.13. The van der Waals surface area contributed by atoms with Crippen LogP contribution in [0.2, 0.25) is 0 Å². The second-order valence-electron chi connectivity index (χ2n) is 7.14. The molecule has 1 aliphatic heterocycles. The van der Waals surface area contributed by atoms with E-state index in [0.29, 0.717) is 13.0 Å². The molecule has 1 aromatic heterocycles. The number of aryl methyl sites for hydroxylation is 2. The summed E-state index contributed by atoms with van der Waals surface area (Å²) in [7, 11) is 0. The Morgan fingerprint density at radius 2 is 2.08 bits per heavy atom. The zero-order valence-corrected chi connectivity index (χ0v) is 14.3. The lowest BCUT2D eigenvalue weighted by molar-refractivity contribution is -0.131. The maximum Gasteiger partial charge on any atom is 0.345 e. The number of H-pyrrole nitrogens is 1. The normalized spacial score (nSPS) is 19.7. The van der Waals surface area contributed by atoms with Gasteiger partial charge in [0.25, 0.3) is 0 Å². The van der Waals surface area contributed by atoms with Crippen LogP contribution in [0.15, 0.2) is 35.3 Å². The van der Waals surface area contributed by atoms with Crippen molar-refractivity contribution in [1.82, 2.24) is 14.9 Å². The molecule has 130 valence electrons. The van der Waals surface area contributed by atoms with Crippen LogP contribution in [0.3, 0.4) is 0 Å². The Balaban J connectivity index is 1.44. The lowest BCUT2D eigenvalue weighted by Crippen LogP contribution is -2.40. The van der Waals surface area contributed by atoms with E-state index in [0.717, 1.165) is 37.1 Å². The van der Waals surface area contributed by atoms with Gasteiger partial charge in [-0.3, -0.25) is 4.79 Å². The first-order chi connectivity index (χ1) is 12.2. The number of hydrogen-bond donors (Lipinski definition) is 1. The molecule has 25 heavy (non-hydrogen) atoms. The standard InChI is InChI=1S/C20H23N3O2/c24-19(12-14-6-7-15-3-1-4-16(15)11-14)23-10-2-5-17(13-23)18-8-9-21-20(25)22-18/h6-9,11,17H,1-5,10,12-13H2,(H,21,22,25). The molecule has 4 rings (SSSR count). The minimum atomic E-state index is -0.320. The number of carbonyl (C=O) groups excluding carboxylic acids is 1. The van der Waals surface area contributed by atoms with Crippen molar-refractivity contribution in [3.05, 3.63) is 63.3 Å². The predicted octanol–water partition coefficient (Wildman–Crippen LogP) is 2.21. The third-order valence-electron chi connectivity index (χ3n) is 5.43. The highest BCUT2D eigenvalue weighted by Gasteiger charge is 2.25. The van der Waals surface area contributed by atoms with Gasteiger partial charge >= 0.3 is 5.69 Å². The van der Waals surface area contributed by atoms with Gasteiger partial charge in [0.15, 0.2) is 0 Å². The van der Waals surface area contributed by atoms with Crippen molar-refractivity contribution < 1.29 is 4.79 Å². The zero-order valence-electron chi connectivity index (χ0n) is 14.3. The van der Waals surface area contributed by atoms with Crippen molar-refractivity contribution in [1.29, 1.82) is 0 Å². The van der Waals surface area contributed by atoms with Crippen molar-refractivity contribution >= 4 is 5.91 Å². The molecular formula is C20H23N3O2. The van der Waals surface area contributed by atoms with E-state index in [1.165, 1.54) is 24.0 Å². The third-order valence-corrected chi connectivity index (χ3v) is 5.43. The largest absolute Gasteiger partial charge is 0.345 e. The number of aromatic amines is 1. The first-order valence-electron chi connectivity index (χ1n) is 9.13. The Hall–Kier alpha value is -2.43. The lowest BCUT2D eigenvalue weighted by Gasteiger charge is -2.32. The highest BCUT2D eigenvalue weighted by atomic mass is 16.2. The van der Waals surface area contributed by atoms with Crippen molar-refractivity contribution in [2.45, 2.75) is 44.4 Å². The molecule has 1 N–H and O–H groups in total. The maximum atomic E-state index is 12.8. The molecule has 1 amide bonds. The number of piperidine rings is 1. The van der Waals surface area contributed by atoms with Gasteiger partial charge in [0.05, 0.1) is 6.42 Å². The molecule has 1 atom stereocenters. The quantitative estimate of drug-likeness (QED) is 0.934. The van der Waals surface area contributed by atoms with E-state index in [-0.39, 0.29) is 17.5 Å². The SMILES string of the molecule is O=C(Cc1ccc2c(c1)CCC2)N1CCCC(c2ccnc(=O)[nH]2)C1. The molecule has 5 heteroatoms. The molecule has 1 aromatic carbocycles. The Kier molecular flexibility index (Phi) is 4.38. The topological polar surface area (TPSA) is 66.1 Å². The Morgan fingerprint density at radius 1 is 1.20 bits per heavy atom. The average Bonchev–Trinajstić information content (AvgIpc) is 3.09. The van der Waals surface area contributed by atoms with Crippen molar-refractivity contribution in [3.63, 3.8) is 0 Å². The molecule has 0 saturated carbocycles. The van der Waals surface area contributed by atoms with E-state index in [1.807, 2.05) is 11.0 Å². The second kappa shape index (κ2) is 6.82. The van der Waals surface area contributed by atoms with Crippen molar-refractivity contribution in [3.8, 4) is 0 Å². The van der Waals surface area contributed by atoms with Crippen LogP contribution in [0, 0.1) is 0 Å². The predicted molar refractivity (Wildman–Crippen MR) is 95.6 cm³/mol. The zero-order chi connectivity index (χ0) is 17.2. The van der Waals surface area contributed by atoms with Crippen molar-refractivity contribution in [2.75, 3.05) is 13.1 Å². The average molecular weight is 337 g/mol. The van der Waals surface area contributed by atoms with Crippen LogP contribution in [0.4, 0.5) is 0 Å². The number of carbonyl (C=O) groups is 1. The smallest absolute Gasteiger partial charge is 0.342 e. The number of fused-ring (bicyclic) bond motifs is 1. The molecule has 1 saturated heterocycles. The Bertz CT molecular complexity index is 843. The molecule has 2 heterocycles. The van der Waals surface area contributed by atoms with E-state index in [9.17, 15) is 9.59 Å². The van der Waals surface area contributed by atoms with Crippen LogP contribution >= 0.6 is 0 Å². The van der Waals surface area contributed by atoms with Gasteiger partial charge in [-0.15, -0.1) is 0 Å². The first kappa shape index (κ1) is 16.1. The van der Waals surface area contributed by atoms with Crippen molar-refractivity contribution in [2.24, 2.45) is 0 Å². The van der Waals surface area contributed by atoms with Crippen LogP contribution in [0.1, 0.15) is 47.6 Å². The summed E-state index contributed by atoms with van der Waals surface area (Å²) in [5.41, 5.74) is 4.53. The molecule has 2 aromatic rings. The fourth-order valence-electron chi connectivity index (χ4n) is 4.10. The number of nitrogens with zero attached hydrogens (tertiary/aromatic N) is 2. The minimum absolute atomic E-state index is 0.180. The highest BCUT2D eigenvalue weighted by Crippen LogP contribution is 2.26. The van der Waals surface area contributed by atoms with E-state index in [4.69, 9.17) is 0 Å². The van der Waals surface area contributed by atoms with Gasteiger partial charge < -0.3 is 9.88 Å². The molecule has 5 nitrogen and oxygen atoms in total. The molecule has 1 unspecified atom stereocenters. The third kappa shape index (κ3) is 3.50. The van der Waals surface area contributed by atoms with Gasteiger partial charge in [-0.05, 0) is 54.9 Å². The van der Waals surface area contributed by atoms with Crippen LogP contribution in [0.25, 0.3) is 0 Å². The molecule has 0 bridgehead atoms. The summed E-state index contributed by atoms with van der Waals surface area (Å²) in [4.78, 5) is 32.6. The maximum absolute atomic E-state index is 12.8. The summed E-state index contributed by atoms with van der Waals surface area (Å²) in [6, 6.07) is 8.35. The number of hydrogen-bond acceptors (Lipinski definition) is 3. The summed E-state index contributed by atoms with van der Waals surface area (Å²) in [6.45, 7) is 1.47. The van der Waals surface area contributed by atoms with Gasteiger partial charge in [-0.25, -0.2) is 9.78 Å². The number of aromatic nitrogens is 2. The van der Waals surface area contributed by atoms with Crippen LogP contribution < -0.4 is 5.69 Å². The molecule has 0 radical (unpaired) electrons. The fourth-order valence-corrected chi connectivity index (χ4v) is 4.10. The van der Waals surface area contributed by atoms with Gasteiger partial charge in [0, 0.05) is 30.9 Å². The number of benzene rings is 1. The molecule has 2 aliphatic rings. The highest BCUT2D eigenvalue weighted by molar-refractivity contribution is 5.79. The van der Waals surface area contributed by atoms with Crippen LogP contribution in [-0.4, -0.2) is 33.9 Å². The van der Waals surface area contributed by atoms with Gasteiger partial charge in [-0.1, -0.05) is 18.2 Å². The van der Waals surface area contributed by atoms with E-state index < -0.39 is 0 Å². The number of likely N-dealkylation sites (tertiary alicyclic amines) is 1. The van der Waals surface area contributed by atoms with Gasteiger partial charge in [0.1, 0.15) is 0 Å². The number of amides is 1. The Morgan fingerprint density at radius 3 is 2.96 bits per heavy atom. The van der Waals surface area contributed by atoms with Crippen LogP contribution in [-0.2, 0) is 24.1 Å². The summed E-state index contributed by atoms with van der Waals surface area (Å²) in [5, 5.41) is 0. The minimum Gasteiger partial charge on any atom is -0.342 e. The summed E-state index contributed by atoms with van der Waals surface area (Å²) >= 11 is 0. The van der Waals surface area contributed by atoms with Crippen LogP contribution in [0.5, 0.6) is 0 Å². The van der Waals surface area contributed by atoms with Gasteiger partial charge in [0.2, 0.25) is 5.91 Å². The van der Waals surface area contributed by atoms with E-state index >= 15 is 0 Å². The second-order valence-corrected chi connectivity index (χ2v) is 7.14. The summed E-state index contributed by atoms with van der Waals surface area (Å²) < 4.78 is 0. The number of rotatable bonds is 3. The summed E-state index contributed by atoms with van der Waals surface area (Å²) in [6.07, 6.45) is 7.49. The molecular weight excluding hydrogens is 314 g/mol. The molecule has 1 fully saturated rings.